The largest absolute Gasteiger partial charge is 0.502 e. The van der Waals surface area contributed by atoms with E-state index in [4.69, 9.17) is 9.47 Å². The van der Waals surface area contributed by atoms with Crippen LogP contribution in [0.15, 0.2) is 12.1 Å². The fraction of sp³-hybridized carbons (Fsp3) is 0.400. The molecule has 1 N–H and O–H groups in total. The van der Waals surface area contributed by atoms with Gasteiger partial charge in [0, 0.05) is 5.33 Å². The van der Waals surface area contributed by atoms with Crippen molar-refractivity contribution in [3.05, 3.63) is 17.7 Å². The van der Waals surface area contributed by atoms with Crippen molar-refractivity contribution in [3.8, 4) is 17.2 Å². The molecule has 1 aromatic rings. The Morgan fingerprint density at radius 2 is 1.71 bits per heavy atom. The minimum absolute atomic E-state index is 0.0494. The summed E-state index contributed by atoms with van der Waals surface area (Å²) in [7, 11) is 3.04. The van der Waals surface area contributed by atoms with Crippen LogP contribution in [0, 0.1) is 0 Å². The van der Waals surface area contributed by atoms with Crippen molar-refractivity contribution in [1.82, 2.24) is 0 Å². The minimum atomic E-state index is 0.0494. The monoisotopic (exact) mass is 260 g/mol. The average molecular weight is 261 g/mol. The Morgan fingerprint density at radius 3 is 2.07 bits per heavy atom. The maximum absolute atomic E-state index is 9.62. The maximum atomic E-state index is 9.62. The van der Waals surface area contributed by atoms with Crippen molar-refractivity contribution in [2.45, 2.75) is 6.42 Å². The van der Waals surface area contributed by atoms with Gasteiger partial charge < -0.3 is 14.6 Å². The van der Waals surface area contributed by atoms with E-state index < -0.39 is 0 Å². The molecule has 0 aliphatic rings. The van der Waals surface area contributed by atoms with Crippen molar-refractivity contribution in [2.24, 2.45) is 0 Å². The van der Waals surface area contributed by atoms with Gasteiger partial charge in [0.25, 0.3) is 0 Å². The van der Waals surface area contributed by atoms with Gasteiger partial charge in [0.05, 0.1) is 14.2 Å². The average Bonchev–Trinajstić information content (AvgIpc) is 2.20. The Morgan fingerprint density at radius 1 is 1.21 bits per heavy atom. The normalized spacial score (nSPS) is 9.93. The highest BCUT2D eigenvalue weighted by atomic mass is 79.9. The Balaban J connectivity index is 3.11. The molecule has 0 heterocycles. The number of alkyl halides is 1. The third-order valence-electron chi connectivity index (χ3n) is 1.92. The number of hydrogen-bond acceptors (Lipinski definition) is 3. The van der Waals surface area contributed by atoms with E-state index in [2.05, 4.69) is 15.9 Å². The number of halogens is 1. The van der Waals surface area contributed by atoms with Crippen LogP contribution < -0.4 is 9.47 Å². The van der Waals surface area contributed by atoms with E-state index in [1.54, 1.807) is 12.1 Å². The molecule has 0 spiro atoms. The number of aryl methyl sites for hydroxylation is 1. The molecule has 0 fully saturated rings. The molecule has 4 heteroatoms. The van der Waals surface area contributed by atoms with Crippen molar-refractivity contribution >= 4 is 15.9 Å². The second-order valence-corrected chi connectivity index (χ2v) is 3.58. The van der Waals surface area contributed by atoms with Crippen molar-refractivity contribution < 1.29 is 14.6 Å². The number of aromatic hydroxyl groups is 1. The molecule has 0 aliphatic heterocycles. The van der Waals surface area contributed by atoms with Gasteiger partial charge in [-0.2, -0.15) is 0 Å². The highest BCUT2D eigenvalue weighted by molar-refractivity contribution is 9.09. The zero-order chi connectivity index (χ0) is 10.6. The molecule has 14 heavy (non-hydrogen) atoms. The summed E-state index contributed by atoms with van der Waals surface area (Å²) in [6.45, 7) is 0. The lowest BCUT2D eigenvalue weighted by Gasteiger charge is -2.10. The first-order valence-corrected chi connectivity index (χ1v) is 5.35. The quantitative estimate of drug-likeness (QED) is 0.845. The number of methoxy groups -OCH3 is 2. The van der Waals surface area contributed by atoms with Crippen LogP contribution in [0.3, 0.4) is 0 Å². The van der Waals surface area contributed by atoms with Crippen LogP contribution in [-0.2, 0) is 6.42 Å². The Kier molecular flexibility index (Phi) is 4.07. The van der Waals surface area contributed by atoms with Gasteiger partial charge in [0.1, 0.15) is 0 Å². The zero-order valence-corrected chi connectivity index (χ0v) is 9.80. The fourth-order valence-electron chi connectivity index (χ4n) is 1.20. The molecule has 78 valence electrons. The Hall–Kier alpha value is -0.900. The lowest BCUT2D eigenvalue weighted by atomic mass is 10.1. The summed E-state index contributed by atoms with van der Waals surface area (Å²) >= 11 is 3.35. The maximum Gasteiger partial charge on any atom is 0.200 e. The smallest absolute Gasteiger partial charge is 0.200 e. The number of hydrogen-bond donors (Lipinski definition) is 1. The van der Waals surface area contributed by atoms with Crippen LogP contribution >= 0.6 is 15.9 Å². The molecule has 0 bridgehead atoms. The van der Waals surface area contributed by atoms with E-state index >= 15 is 0 Å². The van der Waals surface area contributed by atoms with Crippen LogP contribution in [0.4, 0.5) is 0 Å². The highest BCUT2D eigenvalue weighted by Crippen LogP contribution is 2.37. The number of phenolic OH excluding ortho intramolecular Hbond substituents is 1. The van der Waals surface area contributed by atoms with Gasteiger partial charge in [-0.05, 0) is 24.1 Å². The van der Waals surface area contributed by atoms with Crippen LogP contribution in [-0.4, -0.2) is 24.7 Å². The van der Waals surface area contributed by atoms with E-state index in [0.717, 1.165) is 17.3 Å². The third kappa shape index (κ3) is 2.32. The zero-order valence-electron chi connectivity index (χ0n) is 8.21. The van der Waals surface area contributed by atoms with Crippen LogP contribution in [0.5, 0.6) is 17.2 Å². The predicted octanol–water partition coefficient (Wildman–Crippen LogP) is 2.35. The van der Waals surface area contributed by atoms with E-state index in [0.29, 0.717) is 11.5 Å². The molecular weight excluding hydrogens is 248 g/mol. The summed E-state index contributed by atoms with van der Waals surface area (Å²) in [6, 6.07) is 3.61. The molecule has 1 rings (SSSR count). The number of benzene rings is 1. The van der Waals surface area contributed by atoms with Crippen molar-refractivity contribution in [3.63, 3.8) is 0 Å². The van der Waals surface area contributed by atoms with Crippen molar-refractivity contribution in [2.75, 3.05) is 19.5 Å². The molecule has 0 unspecified atom stereocenters. The van der Waals surface area contributed by atoms with E-state index in [9.17, 15) is 5.11 Å². The van der Waals surface area contributed by atoms with Crippen LogP contribution in [0.2, 0.25) is 0 Å². The van der Waals surface area contributed by atoms with Gasteiger partial charge in [0.2, 0.25) is 5.75 Å². The summed E-state index contributed by atoms with van der Waals surface area (Å²) in [5, 5.41) is 10.5. The fourth-order valence-corrected chi connectivity index (χ4v) is 1.66. The lowest BCUT2D eigenvalue weighted by Crippen LogP contribution is -1.93. The molecule has 0 aromatic heterocycles. The van der Waals surface area contributed by atoms with Gasteiger partial charge in [-0.1, -0.05) is 15.9 Å². The Bertz CT molecular complexity index is 287. The second kappa shape index (κ2) is 5.10. The molecule has 0 atom stereocenters. The van der Waals surface area contributed by atoms with Gasteiger partial charge in [-0.25, -0.2) is 0 Å². The van der Waals surface area contributed by atoms with Crippen molar-refractivity contribution in [1.29, 1.82) is 0 Å². The summed E-state index contributed by atoms with van der Waals surface area (Å²) in [6.07, 6.45) is 0.868. The minimum Gasteiger partial charge on any atom is -0.502 e. The summed E-state index contributed by atoms with van der Waals surface area (Å²) in [5.41, 5.74) is 1.06. The molecule has 3 nitrogen and oxygen atoms in total. The summed E-state index contributed by atoms with van der Waals surface area (Å²) < 4.78 is 10.1. The summed E-state index contributed by atoms with van der Waals surface area (Å²) in [5.74, 6) is 0.939. The molecular formula is C10H13BrO3. The number of phenols is 1. The predicted molar refractivity (Wildman–Crippen MR) is 58.7 cm³/mol. The number of rotatable bonds is 4. The van der Waals surface area contributed by atoms with Gasteiger partial charge in [-0.15, -0.1) is 0 Å². The molecule has 0 amide bonds. The van der Waals surface area contributed by atoms with Gasteiger partial charge in [-0.3, -0.25) is 0 Å². The number of ether oxygens (including phenoxy) is 2. The highest BCUT2D eigenvalue weighted by Gasteiger charge is 2.10. The van der Waals surface area contributed by atoms with E-state index in [1.807, 2.05) is 0 Å². The van der Waals surface area contributed by atoms with E-state index in [-0.39, 0.29) is 5.75 Å². The first kappa shape index (κ1) is 11.2. The van der Waals surface area contributed by atoms with Crippen LogP contribution in [0.1, 0.15) is 5.56 Å². The molecule has 0 aliphatic carbocycles. The second-order valence-electron chi connectivity index (χ2n) is 2.79. The standard InChI is InChI=1S/C10H13BrO3/c1-13-8-5-7(3-4-11)6-9(14-2)10(8)12/h5-6,12H,3-4H2,1-2H3. The Labute approximate surface area is 91.8 Å². The molecule has 0 saturated heterocycles. The molecule has 0 radical (unpaired) electrons. The molecule has 1 aromatic carbocycles. The first-order chi connectivity index (χ1) is 6.72. The summed E-state index contributed by atoms with van der Waals surface area (Å²) in [4.78, 5) is 0. The molecule has 0 saturated carbocycles. The first-order valence-electron chi connectivity index (χ1n) is 4.22. The van der Waals surface area contributed by atoms with Gasteiger partial charge >= 0.3 is 0 Å². The third-order valence-corrected chi connectivity index (χ3v) is 2.32. The van der Waals surface area contributed by atoms with Crippen LogP contribution in [0.25, 0.3) is 0 Å². The topological polar surface area (TPSA) is 38.7 Å². The van der Waals surface area contributed by atoms with Gasteiger partial charge in [0.15, 0.2) is 11.5 Å². The SMILES string of the molecule is COc1cc(CCBr)cc(OC)c1O. The lowest BCUT2D eigenvalue weighted by molar-refractivity contribution is 0.339. The van der Waals surface area contributed by atoms with E-state index in [1.165, 1.54) is 14.2 Å².